The highest BCUT2D eigenvalue weighted by Gasteiger charge is 2.21. The first-order chi connectivity index (χ1) is 9.11. The van der Waals surface area contributed by atoms with E-state index in [1.807, 2.05) is 6.07 Å². The zero-order chi connectivity index (χ0) is 13.8. The van der Waals surface area contributed by atoms with E-state index < -0.39 is 0 Å². The number of hydrogen-bond acceptors (Lipinski definition) is 1. The van der Waals surface area contributed by atoms with Gasteiger partial charge in [-0.3, -0.25) is 4.79 Å². The first-order valence-corrected chi connectivity index (χ1v) is 8.17. The first kappa shape index (κ1) is 14.9. The summed E-state index contributed by atoms with van der Waals surface area (Å²) in [6.07, 6.45) is 6.56. The van der Waals surface area contributed by atoms with E-state index >= 15 is 0 Å². The second kappa shape index (κ2) is 6.76. The van der Waals surface area contributed by atoms with E-state index in [0.717, 1.165) is 28.3 Å². The molecule has 4 heteroatoms. The first-order valence-electron chi connectivity index (χ1n) is 6.88. The lowest BCUT2D eigenvalue weighted by molar-refractivity contribution is -0.115. The van der Waals surface area contributed by atoms with Crippen LogP contribution in [0.2, 0.25) is 5.02 Å². The van der Waals surface area contributed by atoms with Crippen molar-refractivity contribution in [2.45, 2.75) is 50.3 Å². The summed E-state index contributed by atoms with van der Waals surface area (Å²) < 4.78 is 0. The van der Waals surface area contributed by atoms with Gasteiger partial charge in [0, 0.05) is 15.5 Å². The van der Waals surface area contributed by atoms with Gasteiger partial charge in [0.05, 0.1) is 6.42 Å². The molecule has 2 nitrogen and oxygen atoms in total. The molecule has 0 fully saturated rings. The number of nitrogens with one attached hydrogen (secondary N) is 1. The number of benzene rings is 1. The van der Waals surface area contributed by atoms with Crippen LogP contribution in [0, 0.1) is 0 Å². The second-order valence-corrected chi connectivity index (χ2v) is 6.59. The predicted octanol–water partition coefficient (Wildman–Crippen LogP) is 5.24. The van der Waals surface area contributed by atoms with Gasteiger partial charge in [-0.25, -0.2) is 0 Å². The second-order valence-electron chi connectivity index (χ2n) is 5.07. The molecule has 1 atom stereocenters. The molecule has 19 heavy (non-hydrogen) atoms. The monoisotopic (exact) mass is 343 g/mol. The summed E-state index contributed by atoms with van der Waals surface area (Å²) in [6.45, 7) is 2.22. The third kappa shape index (κ3) is 3.73. The van der Waals surface area contributed by atoms with Crippen LogP contribution in [0.25, 0.3) is 0 Å². The molecule has 1 heterocycles. The summed E-state index contributed by atoms with van der Waals surface area (Å²) in [5.74, 6) is 0.0530. The zero-order valence-electron chi connectivity index (χ0n) is 11.1. The summed E-state index contributed by atoms with van der Waals surface area (Å²) in [7, 11) is 0. The van der Waals surface area contributed by atoms with Crippen molar-refractivity contribution in [3.05, 3.63) is 28.3 Å². The number of fused-ring (bicyclic) bond motifs is 1. The quantitative estimate of drug-likeness (QED) is 0.555. The molecule has 1 N–H and O–H groups in total. The van der Waals surface area contributed by atoms with E-state index in [4.69, 9.17) is 11.6 Å². The lowest BCUT2D eigenvalue weighted by atomic mass is 10.0. The van der Waals surface area contributed by atoms with Crippen LogP contribution in [0.5, 0.6) is 0 Å². The number of rotatable bonds is 6. The SMILES string of the molecule is CCCCCCC(Br)c1cc2c(cc1Cl)NC(=O)C2. The summed E-state index contributed by atoms with van der Waals surface area (Å²) in [5, 5.41) is 3.56. The molecule has 0 aliphatic carbocycles. The van der Waals surface area contributed by atoms with Gasteiger partial charge in [0.2, 0.25) is 5.91 Å². The van der Waals surface area contributed by atoms with Gasteiger partial charge in [-0.15, -0.1) is 0 Å². The molecule has 1 aromatic carbocycles. The van der Waals surface area contributed by atoms with Crippen LogP contribution >= 0.6 is 27.5 Å². The molecule has 1 amide bonds. The van der Waals surface area contributed by atoms with Gasteiger partial charge in [-0.1, -0.05) is 66.2 Å². The summed E-state index contributed by atoms with van der Waals surface area (Å²) >= 11 is 10.0. The molecular weight excluding hydrogens is 326 g/mol. The number of carbonyl (C=O) groups is 1. The average Bonchev–Trinajstić information content (AvgIpc) is 2.72. The molecule has 0 spiro atoms. The Hall–Kier alpha value is -0.540. The molecule has 1 aromatic rings. The van der Waals surface area contributed by atoms with Crippen molar-refractivity contribution < 1.29 is 4.79 Å². The minimum absolute atomic E-state index is 0.0530. The fraction of sp³-hybridized carbons (Fsp3) is 0.533. The Morgan fingerprint density at radius 2 is 2.16 bits per heavy atom. The van der Waals surface area contributed by atoms with Gasteiger partial charge in [-0.05, 0) is 23.6 Å². The fourth-order valence-corrected chi connectivity index (χ4v) is 3.54. The molecule has 0 saturated heterocycles. The van der Waals surface area contributed by atoms with Crippen molar-refractivity contribution in [1.82, 2.24) is 0 Å². The molecule has 0 bridgehead atoms. The summed E-state index contributed by atoms with van der Waals surface area (Å²) in [5.41, 5.74) is 3.03. The van der Waals surface area contributed by atoms with Gasteiger partial charge in [-0.2, -0.15) is 0 Å². The van der Waals surface area contributed by atoms with Crippen LogP contribution in [-0.4, -0.2) is 5.91 Å². The third-order valence-electron chi connectivity index (χ3n) is 3.50. The zero-order valence-corrected chi connectivity index (χ0v) is 13.5. The number of hydrogen-bond donors (Lipinski definition) is 1. The highest BCUT2D eigenvalue weighted by Crippen LogP contribution is 2.38. The number of carbonyl (C=O) groups excluding carboxylic acids is 1. The Kier molecular flexibility index (Phi) is 5.28. The van der Waals surface area contributed by atoms with Gasteiger partial charge in [0.15, 0.2) is 0 Å². The van der Waals surface area contributed by atoms with E-state index in [-0.39, 0.29) is 10.7 Å². The van der Waals surface area contributed by atoms with Crippen LogP contribution < -0.4 is 5.32 Å². The normalized spacial score (nSPS) is 15.2. The number of unbranched alkanes of at least 4 members (excludes halogenated alkanes) is 3. The number of halogens is 2. The lowest BCUT2D eigenvalue weighted by Crippen LogP contribution is -2.03. The molecular formula is C15H19BrClNO. The maximum Gasteiger partial charge on any atom is 0.228 e. The lowest BCUT2D eigenvalue weighted by Gasteiger charge is -2.13. The van der Waals surface area contributed by atoms with Gasteiger partial charge in [0.1, 0.15) is 0 Å². The summed E-state index contributed by atoms with van der Waals surface area (Å²) in [4.78, 5) is 11.6. The van der Waals surface area contributed by atoms with Gasteiger partial charge >= 0.3 is 0 Å². The van der Waals surface area contributed by atoms with Crippen LogP contribution in [0.4, 0.5) is 5.69 Å². The topological polar surface area (TPSA) is 29.1 Å². The van der Waals surface area contributed by atoms with Crippen molar-refractivity contribution >= 4 is 39.1 Å². The molecule has 1 aliphatic rings. The van der Waals surface area contributed by atoms with Crippen LogP contribution in [0.1, 0.15) is 55.0 Å². The van der Waals surface area contributed by atoms with Crippen molar-refractivity contribution in [2.24, 2.45) is 0 Å². The highest BCUT2D eigenvalue weighted by molar-refractivity contribution is 9.09. The number of amides is 1. The molecule has 2 rings (SSSR count). The smallest absolute Gasteiger partial charge is 0.228 e. The van der Waals surface area contributed by atoms with Crippen molar-refractivity contribution in [2.75, 3.05) is 5.32 Å². The Morgan fingerprint density at radius 1 is 1.37 bits per heavy atom. The van der Waals surface area contributed by atoms with Gasteiger partial charge in [0.25, 0.3) is 0 Å². The third-order valence-corrected chi connectivity index (χ3v) is 4.77. The average molecular weight is 345 g/mol. The Morgan fingerprint density at radius 3 is 2.89 bits per heavy atom. The molecule has 0 radical (unpaired) electrons. The minimum atomic E-state index is 0.0530. The van der Waals surface area contributed by atoms with Crippen molar-refractivity contribution in [3.8, 4) is 0 Å². The largest absolute Gasteiger partial charge is 0.325 e. The molecule has 104 valence electrons. The maximum absolute atomic E-state index is 11.4. The van der Waals surface area contributed by atoms with Gasteiger partial charge < -0.3 is 5.32 Å². The molecule has 1 unspecified atom stereocenters. The van der Waals surface area contributed by atoms with Crippen molar-refractivity contribution in [3.63, 3.8) is 0 Å². The van der Waals surface area contributed by atoms with Crippen molar-refractivity contribution in [1.29, 1.82) is 0 Å². The maximum atomic E-state index is 11.4. The van der Waals surface area contributed by atoms with Crippen LogP contribution in [0.15, 0.2) is 12.1 Å². The van der Waals surface area contributed by atoms with E-state index in [1.54, 1.807) is 0 Å². The molecule has 1 aliphatic heterocycles. The van der Waals surface area contributed by atoms with Crippen LogP contribution in [0.3, 0.4) is 0 Å². The Labute approximate surface area is 128 Å². The number of alkyl halides is 1. The Bertz CT molecular complexity index is 475. The van der Waals surface area contributed by atoms with E-state index in [0.29, 0.717) is 6.42 Å². The molecule has 0 saturated carbocycles. The van der Waals surface area contributed by atoms with Crippen LogP contribution in [-0.2, 0) is 11.2 Å². The van der Waals surface area contributed by atoms with E-state index in [9.17, 15) is 4.79 Å². The minimum Gasteiger partial charge on any atom is -0.325 e. The van der Waals surface area contributed by atoms with E-state index in [1.165, 1.54) is 25.7 Å². The Balaban J connectivity index is 2.04. The number of anilines is 1. The molecule has 0 aromatic heterocycles. The standard InChI is InChI=1S/C15H19BrClNO/c1-2-3-4-5-6-12(16)11-7-10-8-15(19)18-14(10)9-13(11)17/h7,9,12H,2-6,8H2,1H3,(H,18,19). The predicted molar refractivity (Wildman–Crippen MR) is 84.2 cm³/mol. The highest BCUT2D eigenvalue weighted by atomic mass is 79.9. The summed E-state index contributed by atoms with van der Waals surface area (Å²) in [6, 6.07) is 3.94. The van der Waals surface area contributed by atoms with E-state index in [2.05, 4.69) is 34.2 Å². The fourth-order valence-electron chi connectivity index (χ4n) is 2.41.